The van der Waals surface area contributed by atoms with E-state index in [0.29, 0.717) is 30.9 Å². The van der Waals surface area contributed by atoms with Crippen LogP contribution in [-0.4, -0.2) is 41.2 Å². The summed E-state index contributed by atoms with van der Waals surface area (Å²) in [5, 5.41) is 0. The average molecular weight is 422 g/mol. The smallest absolute Gasteiger partial charge is 0.438 e. The van der Waals surface area contributed by atoms with Gasteiger partial charge in [0.25, 0.3) is 0 Å². The van der Waals surface area contributed by atoms with Crippen molar-refractivity contribution in [2.75, 3.05) is 13.2 Å². The lowest BCUT2D eigenvalue weighted by Crippen LogP contribution is -2.66. The predicted octanol–water partition coefficient (Wildman–Crippen LogP) is 4.68. The second kappa shape index (κ2) is 6.22. The van der Waals surface area contributed by atoms with Gasteiger partial charge in [-0.25, -0.2) is 4.98 Å². The van der Waals surface area contributed by atoms with Gasteiger partial charge in [-0.15, -0.1) is 0 Å². The predicted molar refractivity (Wildman–Crippen MR) is 103 cm³/mol. The van der Waals surface area contributed by atoms with Crippen LogP contribution in [0.2, 0.25) is 0 Å². The minimum absolute atomic E-state index is 0.0976. The number of hydrogen-bond acceptors (Lipinski definition) is 4. The molecule has 2 fully saturated rings. The Balaban J connectivity index is 1.60. The summed E-state index contributed by atoms with van der Waals surface area (Å²) >= 11 is 0. The molecule has 5 rings (SSSR count). The first kappa shape index (κ1) is 19.8. The van der Waals surface area contributed by atoms with Crippen molar-refractivity contribution >= 4 is 17.0 Å². The van der Waals surface area contributed by atoms with Gasteiger partial charge in [-0.3, -0.25) is 4.79 Å². The highest BCUT2D eigenvalue weighted by Gasteiger charge is 2.59. The number of likely N-dealkylation sites (tertiary alicyclic amines) is 1. The van der Waals surface area contributed by atoms with Crippen molar-refractivity contribution in [1.82, 2.24) is 9.88 Å². The Hall–Kier alpha value is -2.09. The lowest BCUT2D eigenvalue weighted by Gasteiger charge is -2.60. The number of halogens is 3. The van der Waals surface area contributed by atoms with Gasteiger partial charge in [0.15, 0.2) is 5.58 Å². The minimum Gasteiger partial charge on any atom is -0.438 e. The standard InChI is InChI=1S/C22H25F3N2O3/c1-20(2)17-10-12-9-16-14(26-18(30-16)15-5-4-8-29-15)11-13(12)21(20,3)6-7-27(17)19(28)22(23,24)25/h9,11,15,17H,4-8,10H2,1-3H3/t15-,17+,21-/m0/s1. The zero-order chi connectivity index (χ0) is 21.5. The number of piperidine rings is 1. The van der Waals surface area contributed by atoms with Crippen LogP contribution in [0.5, 0.6) is 0 Å². The Kier molecular flexibility index (Phi) is 4.11. The number of aromatic nitrogens is 1. The highest BCUT2D eigenvalue weighted by atomic mass is 19.4. The van der Waals surface area contributed by atoms with E-state index >= 15 is 0 Å². The van der Waals surface area contributed by atoms with E-state index in [1.807, 2.05) is 26.0 Å². The molecule has 0 spiro atoms. The molecule has 30 heavy (non-hydrogen) atoms. The number of alkyl halides is 3. The molecule has 2 bridgehead atoms. The van der Waals surface area contributed by atoms with Crippen molar-refractivity contribution in [1.29, 1.82) is 0 Å². The average Bonchev–Trinajstić information content (AvgIpc) is 3.31. The molecule has 3 atom stereocenters. The van der Waals surface area contributed by atoms with E-state index in [4.69, 9.17) is 9.15 Å². The zero-order valence-electron chi connectivity index (χ0n) is 17.3. The number of rotatable bonds is 1. The molecule has 8 heteroatoms. The maximum absolute atomic E-state index is 13.2. The first-order valence-electron chi connectivity index (χ1n) is 10.5. The second-order valence-electron chi connectivity index (χ2n) is 9.55. The van der Waals surface area contributed by atoms with Crippen LogP contribution in [-0.2, 0) is 21.4 Å². The Morgan fingerprint density at radius 1 is 1.27 bits per heavy atom. The summed E-state index contributed by atoms with van der Waals surface area (Å²) in [6.45, 7) is 6.83. The van der Waals surface area contributed by atoms with Crippen molar-refractivity contribution in [3.05, 3.63) is 29.2 Å². The van der Waals surface area contributed by atoms with E-state index in [-0.39, 0.29) is 18.1 Å². The van der Waals surface area contributed by atoms with Crippen LogP contribution in [0.15, 0.2) is 16.5 Å². The number of oxazole rings is 1. The van der Waals surface area contributed by atoms with Gasteiger partial charge in [0.1, 0.15) is 11.6 Å². The lowest BCUT2D eigenvalue weighted by atomic mass is 9.51. The third-order valence-electron chi connectivity index (χ3n) is 7.83. The monoisotopic (exact) mass is 422 g/mol. The summed E-state index contributed by atoms with van der Waals surface area (Å²) in [7, 11) is 0. The van der Waals surface area contributed by atoms with E-state index in [0.717, 1.165) is 34.4 Å². The van der Waals surface area contributed by atoms with Crippen molar-refractivity contribution in [3.63, 3.8) is 0 Å². The molecule has 0 unspecified atom stereocenters. The van der Waals surface area contributed by atoms with Crippen LogP contribution in [0.25, 0.3) is 11.1 Å². The maximum atomic E-state index is 13.2. The van der Waals surface area contributed by atoms with Crippen molar-refractivity contribution in [2.45, 2.75) is 70.2 Å². The van der Waals surface area contributed by atoms with E-state index in [1.54, 1.807) is 0 Å². The topological polar surface area (TPSA) is 55.6 Å². The SMILES string of the molecule is CC1(C)[C@H]2Cc3cc4oc([C@@H]5CCCO5)nc4cc3[C@]1(C)CCN2C(=O)C(F)(F)F. The van der Waals surface area contributed by atoms with Gasteiger partial charge in [-0.2, -0.15) is 13.2 Å². The van der Waals surface area contributed by atoms with E-state index in [9.17, 15) is 18.0 Å². The first-order valence-corrected chi connectivity index (χ1v) is 10.5. The Morgan fingerprint density at radius 2 is 2.03 bits per heavy atom. The van der Waals surface area contributed by atoms with Crippen LogP contribution in [0.3, 0.4) is 0 Å². The fourth-order valence-corrected chi connectivity index (χ4v) is 5.67. The van der Waals surface area contributed by atoms with E-state index in [1.165, 1.54) is 0 Å². The fraction of sp³-hybridized carbons (Fsp3) is 0.636. The molecule has 0 radical (unpaired) electrons. The van der Waals surface area contributed by atoms with Crippen LogP contribution in [0, 0.1) is 5.41 Å². The van der Waals surface area contributed by atoms with Crippen LogP contribution in [0.4, 0.5) is 13.2 Å². The molecular formula is C22H25F3N2O3. The largest absolute Gasteiger partial charge is 0.471 e. The molecule has 1 aliphatic carbocycles. The third kappa shape index (κ3) is 2.65. The maximum Gasteiger partial charge on any atom is 0.471 e. The number of fused-ring (bicyclic) bond motifs is 5. The first-order chi connectivity index (χ1) is 14.0. The molecule has 2 aliphatic heterocycles. The lowest BCUT2D eigenvalue weighted by molar-refractivity contribution is -0.195. The van der Waals surface area contributed by atoms with Crippen molar-refractivity contribution in [3.8, 4) is 0 Å². The fourth-order valence-electron chi connectivity index (χ4n) is 5.67. The molecule has 1 aromatic heterocycles. The Morgan fingerprint density at radius 3 is 2.70 bits per heavy atom. The Labute approximate surface area is 172 Å². The molecule has 1 aromatic carbocycles. The van der Waals surface area contributed by atoms with Gasteiger partial charge < -0.3 is 14.1 Å². The summed E-state index contributed by atoms with van der Waals surface area (Å²) < 4.78 is 51.3. The van der Waals surface area contributed by atoms with Gasteiger partial charge in [-0.05, 0) is 54.4 Å². The van der Waals surface area contributed by atoms with Crippen LogP contribution in [0.1, 0.15) is 63.2 Å². The molecule has 0 N–H and O–H groups in total. The van der Waals surface area contributed by atoms with E-state index < -0.39 is 23.5 Å². The van der Waals surface area contributed by atoms with E-state index in [2.05, 4.69) is 11.9 Å². The molecule has 5 nitrogen and oxygen atoms in total. The summed E-state index contributed by atoms with van der Waals surface area (Å²) in [4.78, 5) is 17.8. The van der Waals surface area contributed by atoms with Crippen LogP contribution >= 0.6 is 0 Å². The third-order valence-corrected chi connectivity index (χ3v) is 7.83. The summed E-state index contributed by atoms with van der Waals surface area (Å²) in [6, 6.07) is 3.40. The number of amides is 1. The number of ether oxygens (including phenoxy) is 1. The molecule has 2 saturated heterocycles. The van der Waals surface area contributed by atoms with Crippen molar-refractivity contribution in [2.24, 2.45) is 5.41 Å². The number of carbonyl (C=O) groups excluding carboxylic acids is 1. The highest BCUT2D eigenvalue weighted by molar-refractivity contribution is 5.83. The molecule has 2 aromatic rings. The molecule has 1 amide bonds. The molecular weight excluding hydrogens is 397 g/mol. The van der Waals surface area contributed by atoms with Gasteiger partial charge in [-0.1, -0.05) is 20.8 Å². The normalized spacial score (nSPS) is 30.5. The highest BCUT2D eigenvalue weighted by Crippen LogP contribution is 2.57. The number of nitrogens with zero attached hydrogens (tertiary/aromatic N) is 2. The van der Waals surface area contributed by atoms with Gasteiger partial charge >= 0.3 is 12.1 Å². The second-order valence-corrected chi connectivity index (χ2v) is 9.55. The molecule has 3 heterocycles. The summed E-state index contributed by atoms with van der Waals surface area (Å²) in [6.07, 6.45) is -2.33. The Bertz CT molecular complexity index is 1020. The van der Waals surface area contributed by atoms with Gasteiger partial charge in [0, 0.05) is 24.6 Å². The van der Waals surface area contributed by atoms with Gasteiger partial charge in [0.05, 0.1) is 0 Å². The number of carbonyl (C=O) groups is 1. The quantitative estimate of drug-likeness (QED) is 0.670. The molecule has 0 saturated carbocycles. The summed E-state index contributed by atoms with van der Waals surface area (Å²) in [5.41, 5.74) is 2.52. The van der Waals surface area contributed by atoms with Gasteiger partial charge in [0.2, 0.25) is 5.89 Å². The zero-order valence-corrected chi connectivity index (χ0v) is 17.3. The number of benzene rings is 1. The molecule has 3 aliphatic rings. The molecule has 162 valence electrons. The summed E-state index contributed by atoms with van der Waals surface area (Å²) in [5.74, 6) is -1.18. The minimum atomic E-state index is -4.87. The van der Waals surface area contributed by atoms with Crippen LogP contribution < -0.4 is 0 Å². The van der Waals surface area contributed by atoms with Crippen molar-refractivity contribution < 1.29 is 27.1 Å². The number of hydrogen-bond donors (Lipinski definition) is 0.